The molecule has 3 rings (SSSR count). The van der Waals surface area contributed by atoms with Gasteiger partial charge in [0.1, 0.15) is 0 Å². The molecule has 1 aliphatic heterocycles. The van der Waals surface area contributed by atoms with Gasteiger partial charge in [-0.3, -0.25) is 0 Å². The van der Waals surface area contributed by atoms with E-state index in [1.807, 2.05) is 17.4 Å². The summed E-state index contributed by atoms with van der Waals surface area (Å²) in [5.74, 6) is 0. The Balaban J connectivity index is 2.07. The summed E-state index contributed by atoms with van der Waals surface area (Å²) < 4.78 is 0. The van der Waals surface area contributed by atoms with E-state index in [0.717, 1.165) is 18.0 Å². The third kappa shape index (κ3) is 1.64. The Morgan fingerprint density at radius 1 is 1.20 bits per heavy atom. The van der Waals surface area contributed by atoms with E-state index in [1.54, 1.807) is 11.3 Å². The lowest BCUT2D eigenvalue weighted by molar-refractivity contribution is 0.585. The molecule has 2 aromatic heterocycles. The van der Waals surface area contributed by atoms with Gasteiger partial charge in [-0.15, -0.1) is 22.7 Å². The summed E-state index contributed by atoms with van der Waals surface area (Å²) in [7, 11) is 0. The number of hydrogen-bond acceptors (Lipinski definition) is 3. The first-order valence-electron chi connectivity index (χ1n) is 4.89. The van der Waals surface area contributed by atoms with Crippen molar-refractivity contribution in [3.05, 3.63) is 43.2 Å². The molecular weight excluding hydrogens is 246 g/mol. The van der Waals surface area contributed by atoms with Crippen molar-refractivity contribution in [1.82, 2.24) is 5.32 Å². The molecule has 0 aliphatic carbocycles. The van der Waals surface area contributed by atoms with Crippen molar-refractivity contribution in [2.24, 2.45) is 0 Å². The van der Waals surface area contributed by atoms with Gasteiger partial charge in [-0.1, -0.05) is 11.6 Å². The fourth-order valence-corrected chi connectivity index (χ4v) is 4.34. The average Bonchev–Trinajstić information content (AvgIpc) is 2.85. The molecule has 3 heterocycles. The standard InChI is InChI=1S/C11H10ClNS2/c12-8-3-6-15-11(8)9-10-7(1-4-13-9)2-5-14-10/h2-3,5-6,9,13H,1,4H2. The molecule has 4 heteroatoms. The smallest absolute Gasteiger partial charge is 0.0782 e. The number of rotatable bonds is 1. The lowest BCUT2D eigenvalue weighted by Gasteiger charge is -2.23. The van der Waals surface area contributed by atoms with Crippen LogP contribution in [-0.4, -0.2) is 6.54 Å². The van der Waals surface area contributed by atoms with Crippen molar-refractivity contribution < 1.29 is 0 Å². The molecule has 15 heavy (non-hydrogen) atoms. The van der Waals surface area contributed by atoms with Crippen LogP contribution < -0.4 is 5.32 Å². The summed E-state index contributed by atoms with van der Waals surface area (Å²) in [6.45, 7) is 1.04. The Labute approximate surface area is 102 Å². The van der Waals surface area contributed by atoms with Crippen LogP contribution in [0.2, 0.25) is 5.02 Å². The molecule has 1 N–H and O–H groups in total. The van der Waals surface area contributed by atoms with E-state index in [9.17, 15) is 0 Å². The van der Waals surface area contributed by atoms with Crippen LogP contribution in [0.4, 0.5) is 0 Å². The second-order valence-electron chi connectivity index (χ2n) is 3.58. The van der Waals surface area contributed by atoms with E-state index >= 15 is 0 Å². The average molecular weight is 256 g/mol. The van der Waals surface area contributed by atoms with Gasteiger partial charge in [-0.25, -0.2) is 0 Å². The number of fused-ring (bicyclic) bond motifs is 1. The predicted octanol–water partition coefficient (Wildman–Crippen LogP) is 3.70. The minimum Gasteiger partial charge on any atom is -0.305 e. The molecule has 0 spiro atoms. The van der Waals surface area contributed by atoms with Crippen LogP contribution in [0, 0.1) is 0 Å². The highest BCUT2D eigenvalue weighted by Gasteiger charge is 2.24. The maximum atomic E-state index is 6.18. The lowest BCUT2D eigenvalue weighted by Crippen LogP contribution is -2.28. The van der Waals surface area contributed by atoms with Crippen molar-refractivity contribution in [1.29, 1.82) is 0 Å². The number of thiophene rings is 2. The van der Waals surface area contributed by atoms with E-state index in [0.29, 0.717) is 6.04 Å². The Morgan fingerprint density at radius 3 is 2.80 bits per heavy atom. The molecule has 78 valence electrons. The van der Waals surface area contributed by atoms with Gasteiger partial charge in [-0.2, -0.15) is 0 Å². The van der Waals surface area contributed by atoms with E-state index in [1.165, 1.54) is 15.3 Å². The molecular formula is C11H10ClNS2. The highest BCUT2D eigenvalue weighted by atomic mass is 35.5. The summed E-state index contributed by atoms with van der Waals surface area (Å²) in [5.41, 5.74) is 1.48. The van der Waals surface area contributed by atoms with Crippen LogP contribution >= 0.6 is 34.3 Å². The zero-order valence-corrected chi connectivity index (χ0v) is 10.4. The maximum Gasteiger partial charge on any atom is 0.0782 e. The zero-order chi connectivity index (χ0) is 10.3. The monoisotopic (exact) mass is 255 g/mol. The quantitative estimate of drug-likeness (QED) is 0.819. The topological polar surface area (TPSA) is 12.0 Å². The molecule has 1 aliphatic rings. The normalized spacial score (nSPS) is 20.2. The number of nitrogens with one attached hydrogen (secondary N) is 1. The molecule has 2 aromatic rings. The van der Waals surface area contributed by atoms with Crippen molar-refractivity contribution in [2.75, 3.05) is 6.54 Å². The van der Waals surface area contributed by atoms with Crippen molar-refractivity contribution in [3.63, 3.8) is 0 Å². The molecule has 0 bridgehead atoms. The van der Waals surface area contributed by atoms with Crippen molar-refractivity contribution in [2.45, 2.75) is 12.5 Å². The minimum absolute atomic E-state index is 0.321. The molecule has 1 atom stereocenters. The fourth-order valence-electron chi connectivity index (χ4n) is 1.97. The van der Waals surface area contributed by atoms with Crippen LogP contribution in [-0.2, 0) is 6.42 Å². The first-order valence-corrected chi connectivity index (χ1v) is 7.02. The van der Waals surface area contributed by atoms with Crippen LogP contribution in [0.3, 0.4) is 0 Å². The van der Waals surface area contributed by atoms with E-state index in [2.05, 4.69) is 22.1 Å². The van der Waals surface area contributed by atoms with Crippen molar-refractivity contribution in [3.8, 4) is 0 Å². The van der Waals surface area contributed by atoms with E-state index < -0.39 is 0 Å². The van der Waals surface area contributed by atoms with Crippen LogP contribution in [0.1, 0.15) is 21.4 Å². The summed E-state index contributed by atoms with van der Waals surface area (Å²) in [6.07, 6.45) is 1.14. The van der Waals surface area contributed by atoms with E-state index in [-0.39, 0.29) is 0 Å². The van der Waals surface area contributed by atoms with Gasteiger partial charge >= 0.3 is 0 Å². The summed E-state index contributed by atoms with van der Waals surface area (Å²) in [5, 5.41) is 8.66. The molecule has 0 saturated carbocycles. The third-order valence-electron chi connectivity index (χ3n) is 2.69. The first-order chi connectivity index (χ1) is 7.36. The zero-order valence-electron chi connectivity index (χ0n) is 8.00. The van der Waals surface area contributed by atoms with Crippen LogP contribution in [0.15, 0.2) is 22.9 Å². The van der Waals surface area contributed by atoms with Crippen LogP contribution in [0.5, 0.6) is 0 Å². The van der Waals surface area contributed by atoms with Gasteiger partial charge in [0.2, 0.25) is 0 Å². The number of halogens is 1. The molecule has 0 aromatic carbocycles. The summed E-state index contributed by atoms with van der Waals surface area (Å²) >= 11 is 9.74. The van der Waals surface area contributed by atoms with E-state index in [4.69, 9.17) is 11.6 Å². The first kappa shape index (κ1) is 9.85. The predicted molar refractivity (Wildman–Crippen MR) is 67.2 cm³/mol. The minimum atomic E-state index is 0.321. The second-order valence-corrected chi connectivity index (χ2v) is 5.88. The van der Waals surface area contributed by atoms with Gasteiger partial charge in [0.05, 0.1) is 11.1 Å². The molecule has 0 radical (unpaired) electrons. The Hall–Kier alpha value is -0.350. The summed E-state index contributed by atoms with van der Waals surface area (Å²) in [6, 6.07) is 4.53. The summed E-state index contributed by atoms with van der Waals surface area (Å²) in [4.78, 5) is 2.69. The molecule has 1 unspecified atom stereocenters. The van der Waals surface area contributed by atoms with Gasteiger partial charge in [0.25, 0.3) is 0 Å². The third-order valence-corrected chi connectivity index (χ3v) is 5.14. The highest BCUT2D eigenvalue weighted by molar-refractivity contribution is 7.12. The lowest BCUT2D eigenvalue weighted by atomic mass is 10.0. The van der Waals surface area contributed by atoms with Crippen molar-refractivity contribution >= 4 is 34.3 Å². The maximum absolute atomic E-state index is 6.18. The van der Waals surface area contributed by atoms with Gasteiger partial charge in [0.15, 0.2) is 0 Å². The second kappa shape index (κ2) is 3.91. The fraction of sp³-hybridized carbons (Fsp3) is 0.273. The largest absolute Gasteiger partial charge is 0.305 e. The van der Waals surface area contributed by atoms with Crippen LogP contribution in [0.25, 0.3) is 0 Å². The molecule has 0 fully saturated rings. The van der Waals surface area contributed by atoms with Gasteiger partial charge in [0, 0.05) is 16.3 Å². The van der Waals surface area contributed by atoms with Gasteiger partial charge < -0.3 is 5.32 Å². The Kier molecular flexibility index (Phi) is 2.56. The van der Waals surface area contributed by atoms with Gasteiger partial charge in [-0.05, 0) is 34.9 Å². The highest BCUT2D eigenvalue weighted by Crippen LogP contribution is 2.38. The molecule has 0 amide bonds. The molecule has 1 nitrogen and oxygen atoms in total. The number of hydrogen-bond donors (Lipinski definition) is 1. The Morgan fingerprint density at radius 2 is 2.00 bits per heavy atom. The SMILES string of the molecule is Clc1ccsc1C1NCCc2ccsc21. The Bertz CT molecular complexity index is 474. The molecule has 0 saturated heterocycles.